The molecule has 0 saturated carbocycles. The third-order valence-electron chi connectivity index (χ3n) is 13.9. The molecule has 0 aromatic carbocycles. The highest BCUT2D eigenvalue weighted by atomic mass is 16.6. The lowest BCUT2D eigenvalue weighted by Crippen LogP contribution is -2.30. The van der Waals surface area contributed by atoms with Gasteiger partial charge in [0, 0.05) is 19.3 Å². The minimum absolute atomic E-state index is 0.0987. The first-order chi connectivity index (χ1) is 39.5. The summed E-state index contributed by atoms with van der Waals surface area (Å²) in [6.45, 7) is 6.48. The lowest BCUT2D eigenvalue weighted by Gasteiger charge is -2.18. The Morgan fingerprint density at radius 3 is 0.787 bits per heavy atom. The van der Waals surface area contributed by atoms with Gasteiger partial charge in [-0.15, -0.1) is 0 Å². The standard InChI is InChI=1S/C74H122O6/c1-4-7-10-13-16-19-22-25-28-30-32-34-35-36-37-38-39-41-42-44-46-49-52-55-58-61-64-67-73(76)79-70-71(69-78-72(75)66-63-60-57-54-51-48-27-24-21-18-15-12-9-6-3)80-74(77)68-65-62-59-56-53-50-47-45-43-40-33-31-29-26-23-20-17-14-11-8-5-2/h7,10,16,19,23,25-26,28,31-34,36-37,39,41,43-46,52,55,71H,4-6,8-9,11-15,17-18,20-22,24,27,29-30,35,38,40,42,47-51,53-54,56-70H2,1-3H3/b10-7-,19-16-,26-23-,28-25-,33-31-,34-32-,37-36-,41-39-,45-43-,46-44-,55-52-. The van der Waals surface area contributed by atoms with Gasteiger partial charge in [-0.25, -0.2) is 0 Å². The Morgan fingerprint density at radius 2 is 0.487 bits per heavy atom. The first-order valence-electron chi connectivity index (χ1n) is 33.2. The fourth-order valence-electron chi connectivity index (χ4n) is 8.94. The highest BCUT2D eigenvalue weighted by Crippen LogP contribution is 2.15. The number of hydrogen-bond acceptors (Lipinski definition) is 6. The van der Waals surface area contributed by atoms with Crippen molar-refractivity contribution in [1.82, 2.24) is 0 Å². The molecule has 80 heavy (non-hydrogen) atoms. The van der Waals surface area contributed by atoms with Crippen molar-refractivity contribution in [2.45, 2.75) is 303 Å². The van der Waals surface area contributed by atoms with Gasteiger partial charge in [-0.1, -0.05) is 289 Å². The van der Waals surface area contributed by atoms with Gasteiger partial charge in [0.15, 0.2) is 6.10 Å². The molecule has 1 unspecified atom stereocenters. The topological polar surface area (TPSA) is 78.9 Å². The molecule has 0 spiro atoms. The molecule has 0 aliphatic carbocycles. The van der Waals surface area contributed by atoms with E-state index in [4.69, 9.17) is 14.2 Å². The van der Waals surface area contributed by atoms with Gasteiger partial charge >= 0.3 is 17.9 Å². The summed E-state index contributed by atoms with van der Waals surface area (Å²) in [5, 5.41) is 0. The van der Waals surface area contributed by atoms with E-state index in [1.807, 2.05) is 0 Å². The average Bonchev–Trinajstić information content (AvgIpc) is 3.46. The molecule has 0 aliphatic rings. The zero-order valence-electron chi connectivity index (χ0n) is 52.0. The molecule has 0 N–H and O–H groups in total. The summed E-state index contributed by atoms with van der Waals surface area (Å²) in [5.74, 6) is -0.952. The van der Waals surface area contributed by atoms with E-state index in [-0.39, 0.29) is 31.1 Å². The van der Waals surface area contributed by atoms with Crippen LogP contribution < -0.4 is 0 Å². The molecule has 0 fully saturated rings. The summed E-state index contributed by atoms with van der Waals surface area (Å²) in [6.07, 6.45) is 94.5. The van der Waals surface area contributed by atoms with E-state index in [0.29, 0.717) is 25.7 Å². The van der Waals surface area contributed by atoms with Gasteiger partial charge in [-0.05, 0) is 122 Å². The predicted molar refractivity (Wildman–Crippen MR) is 348 cm³/mol. The summed E-state index contributed by atoms with van der Waals surface area (Å²) in [5.41, 5.74) is 0. The van der Waals surface area contributed by atoms with Crippen molar-refractivity contribution in [3.05, 3.63) is 134 Å². The van der Waals surface area contributed by atoms with Crippen molar-refractivity contribution >= 4 is 17.9 Å². The molecule has 0 bridgehead atoms. The van der Waals surface area contributed by atoms with Gasteiger partial charge in [0.25, 0.3) is 0 Å². The van der Waals surface area contributed by atoms with E-state index < -0.39 is 6.10 Å². The zero-order valence-corrected chi connectivity index (χ0v) is 52.0. The summed E-state index contributed by atoms with van der Waals surface area (Å²) in [6, 6.07) is 0. The van der Waals surface area contributed by atoms with Gasteiger partial charge in [0.2, 0.25) is 0 Å². The third-order valence-corrected chi connectivity index (χ3v) is 13.9. The SMILES string of the molecule is CC/C=C\C/C=C\C/C=C\C/C=C\C/C=C\C/C=C\C/C=C\C/C=C\CCCCC(=O)OCC(COC(=O)CCCCCCCCCCCCCCCC)OC(=O)CCCCCCCC/C=C\C/C=C\C/C=C\CCCCCCC. The van der Waals surface area contributed by atoms with Crippen molar-refractivity contribution in [2.24, 2.45) is 0 Å². The van der Waals surface area contributed by atoms with Crippen LogP contribution in [0.3, 0.4) is 0 Å². The lowest BCUT2D eigenvalue weighted by molar-refractivity contribution is -0.167. The van der Waals surface area contributed by atoms with Gasteiger partial charge in [0.1, 0.15) is 13.2 Å². The summed E-state index contributed by atoms with van der Waals surface area (Å²) >= 11 is 0. The predicted octanol–water partition coefficient (Wildman–Crippen LogP) is 22.9. The number of carbonyl (C=O) groups excluding carboxylic acids is 3. The van der Waals surface area contributed by atoms with Crippen LogP contribution in [0, 0.1) is 0 Å². The molecule has 0 rings (SSSR count). The highest BCUT2D eigenvalue weighted by molar-refractivity contribution is 5.71. The molecule has 0 aromatic rings. The minimum atomic E-state index is -0.808. The van der Waals surface area contributed by atoms with Gasteiger partial charge in [0.05, 0.1) is 0 Å². The van der Waals surface area contributed by atoms with Crippen molar-refractivity contribution in [2.75, 3.05) is 13.2 Å². The molecule has 0 amide bonds. The van der Waals surface area contributed by atoms with Crippen LogP contribution in [-0.2, 0) is 28.6 Å². The highest BCUT2D eigenvalue weighted by Gasteiger charge is 2.19. The lowest BCUT2D eigenvalue weighted by atomic mass is 10.0. The maximum absolute atomic E-state index is 12.9. The third kappa shape index (κ3) is 64.4. The number of hydrogen-bond donors (Lipinski definition) is 0. The van der Waals surface area contributed by atoms with Crippen LogP contribution in [0.1, 0.15) is 297 Å². The van der Waals surface area contributed by atoms with Crippen LogP contribution in [0.15, 0.2) is 134 Å². The molecule has 0 heterocycles. The van der Waals surface area contributed by atoms with Crippen molar-refractivity contribution < 1.29 is 28.6 Å². The molecule has 0 aromatic heterocycles. The molecular formula is C74H122O6. The molecule has 6 nitrogen and oxygen atoms in total. The van der Waals surface area contributed by atoms with Crippen molar-refractivity contribution in [3.63, 3.8) is 0 Å². The normalized spacial score (nSPS) is 13.0. The number of ether oxygens (including phenoxy) is 3. The molecule has 0 saturated heterocycles. The van der Waals surface area contributed by atoms with Crippen LogP contribution in [0.5, 0.6) is 0 Å². The van der Waals surface area contributed by atoms with Crippen molar-refractivity contribution in [3.8, 4) is 0 Å². The molecule has 0 aliphatic heterocycles. The van der Waals surface area contributed by atoms with Crippen molar-refractivity contribution in [1.29, 1.82) is 0 Å². The molecule has 1 atom stereocenters. The number of rotatable bonds is 59. The Bertz CT molecular complexity index is 1700. The fraction of sp³-hybridized carbons (Fsp3) is 0.662. The second kappa shape index (κ2) is 67.1. The van der Waals surface area contributed by atoms with E-state index in [9.17, 15) is 14.4 Å². The Hall–Kier alpha value is -4.45. The second-order valence-corrected chi connectivity index (χ2v) is 21.6. The maximum atomic E-state index is 12.9. The summed E-state index contributed by atoms with van der Waals surface area (Å²) in [4.78, 5) is 38.4. The molecule has 454 valence electrons. The van der Waals surface area contributed by atoms with E-state index in [1.165, 1.54) is 122 Å². The first kappa shape index (κ1) is 75.5. The Balaban J connectivity index is 4.47. The van der Waals surface area contributed by atoms with Crippen LogP contribution in [0.25, 0.3) is 0 Å². The van der Waals surface area contributed by atoms with Crippen LogP contribution in [-0.4, -0.2) is 37.2 Å². The first-order valence-corrected chi connectivity index (χ1v) is 33.2. The van der Waals surface area contributed by atoms with Crippen LogP contribution >= 0.6 is 0 Å². The number of allylic oxidation sites excluding steroid dienone is 22. The van der Waals surface area contributed by atoms with Gasteiger partial charge in [-0.3, -0.25) is 14.4 Å². The molecular weight excluding hydrogens is 985 g/mol. The monoisotopic (exact) mass is 1110 g/mol. The zero-order chi connectivity index (χ0) is 57.8. The number of esters is 3. The van der Waals surface area contributed by atoms with Gasteiger partial charge < -0.3 is 14.2 Å². The van der Waals surface area contributed by atoms with E-state index in [1.54, 1.807) is 0 Å². The molecule has 0 radical (unpaired) electrons. The second-order valence-electron chi connectivity index (χ2n) is 21.6. The Labute approximate surface area is 494 Å². The van der Waals surface area contributed by atoms with E-state index in [2.05, 4.69) is 154 Å². The maximum Gasteiger partial charge on any atom is 0.306 e. The van der Waals surface area contributed by atoms with E-state index in [0.717, 1.165) is 128 Å². The largest absolute Gasteiger partial charge is 0.462 e. The van der Waals surface area contributed by atoms with Crippen LogP contribution in [0.4, 0.5) is 0 Å². The minimum Gasteiger partial charge on any atom is -0.462 e. The smallest absolute Gasteiger partial charge is 0.306 e. The molecule has 6 heteroatoms. The Kier molecular flexibility index (Phi) is 63.3. The average molecular weight is 1110 g/mol. The van der Waals surface area contributed by atoms with Crippen LogP contribution in [0.2, 0.25) is 0 Å². The Morgan fingerprint density at radius 1 is 0.263 bits per heavy atom. The summed E-state index contributed by atoms with van der Waals surface area (Å²) < 4.78 is 16.9. The quantitative estimate of drug-likeness (QED) is 0.0261. The number of unbranched alkanes of at least 4 members (excludes halogenated alkanes) is 26. The van der Waals surface area contributed by atoms with E-state index >= 15 is 0 Å². The van der Waals surface area contributed by atoms with Gasteiger partial charge in [-0.2, -0.15) is 0 Å². The number of carbonyl (C=O) groups is 3. The summed E-state index contributed by atoms with van der Waals surface area (Å²) in [7, 11) is 0. The fourth-order valence-corrected chi connectivity index (χ4v) is 8.94.